The lowest BCUT2D eigenvalue weighted by Gasteiger charge is -2.18. The molecule has 2 rings (SSSR count). The predicted molar refractivity (Wildman–Crippen MR) is 48.2 cm³/mol. The van der Waals surface area contributed by atoms with Gasteiger partial charge in [-0.25, -0.2) is 4.39 Å². The fraction of sp³-hybridized carbons (Fsp3) is 0.333. The molecule has 0 amide bonds. The summed E-state index contributed by atoms with van der Waals surface area (Å²) in [7, 11) is 0. The molecule has 0 spiro atoms. The zero-order valence-corrected chi connectivity index (χ0v) is 7.29. The molecular formula is C9H9ClFN. The third-order valence-corrected chi connectivity index (χ3v) is 2.48. The first-order chi connectivity index (χ1) is 5.79. The van der Waals surface area contributed by atoms with Gasteiger partial charge in [-0.1, -0.05) is 17.7 Å². The van der Waals surface area contributed by atoms with Crippen LogP contribution in [0, 0.1) is 5.82 Å². The van der Waals surface area contributed by atoms with Crippen molar-refractivity contribution in [2.45, 2.75) is 12.8 Å². The van der Waals surface area contributed by atoms with E-state index in [1.54, 1.807) is 6.07 Å². The largest absolute Gasteiger partial charge is 0.384 e. The molecule has 0 atom stereocenters. The monoisotopic (exact) mass is 185 g/mol. The molecule has 1 aliphatic rings. The van der Waals surface area contributed by atoms with E-state index in [4.69, 9.17) is 11.6 Å². The maximum absolute atomic E-state index is 12.9. The van der Waals surface area contributed by atoms with E-state index in [2.05, 4.69) is 5.32 Å². The molecule has 0 aliphatic carbocycles. The summed E-state index contributed by atoms with van der Waals surface area (Å²) in [5.74, 6) is -0.343. The van der Waals surface area contributed by atoms with E-state index in [0.29, 0.717) is 0 Å². The molecule has 64 valence electrons. The van der Waals surface area contributed by atoms with Gasteiger partial charge in [0.25, 0.3) is 0 Å². The van der Waals surface area contributed by atoms with Gasteiger partial charge in [0.1, 0.15) is 5.82 Å². The quantitative estimate of drug-likeness (QED) is 0.656. The number of halogens is 2. The summed E-state index contributed by atoms with van der Waals surface area (Å²) >= 11 is 5.77. The Balaban J connectivity index is 2.54. The zero-order chi connectivity index (χ0) is 8.55. The normalized spacial score (nSPS) is 15.2. The van der Waals surface area contributed by atoms with Crippen LogP contribution >= 0.6 is 11.6 Å². The molecule has 1 aromatic rings. The fourth-order valence-electron chi connectivity index (χ4n) is 1.48. The minimum Gasteiger partial charge on any atom is -0.384 e. The topological polar surface area (TPSA) is 12.0 Å². The van der Waals surface area contributed by atoms with Gasteiger partial charge in [-0.05, 0) is 24.5 Å². The van der Waals surface area contributed by atoms with E-state index in [0.717, 1.165) is 30.6 Å². The molecular weight excluding hydrogens is 177 g/mol. The van der Waals surface area contributed by atoms with Crippen LogP contribution in [0.5, 0.6) is 0 Å². The summed E-state index contributed by atoms with van der Waals surface area (Å²) in [5, 5.41) is 3.33. The molecule has 1 heterocycles. The van der Waals surface area contributed by atoms with E-state index in [1.807, 2.05) is 0 Å². The van der Waals surface area contributed by atoms with Crippen LogP contribution in [0.15, 0.2) is 12.1 Å². The SMILES string of the molecule is Fc1ccc2c(c1Cl)NCCC2. The Morgan fingerprint density at radius 2 is 2.25 bits per heavy atom. The maximum Gasteiger partial charge on any atom is 0.143 e. The van der Waals surface area contributed by atoms with Crippen molar-refractivity contribution < 1.29 is 4.39 Å². The Morgan fingerprint density at radius 3 is 3.08 bits per heavy atom. The minimum absolute atomic E-state index is 0.229. The molecule has 1 nitrogen and oxygen atoms in total. The molecule has 0 radical (unpaired) electrons. The number of aryl methyl sites for hydroxylation is 1. The van der Waals surface area contributed by atoms with E-state index in [-0.39, 0.29) is 10.8 Å². The van der Waals surface area contributed by atoms with Crippen molar-refractivity contribution in [3.8, 4) is 0 Å². The Morgan fingerprint density at radius 1 is 1.42 bits per heavy atom. The van der Waals surface area contributed by atoms with E-state index in [9.17, 15) is 4.39 Å². The number of fused-ring (bicyclic) bond motifs is 1. The van der Waals surface area contributed by atoms with E-state index in [1.165, 1.54) is 6.07 Å². The van der Waals surface area contributed by atoms with Gasteiger partial charge in [0.05, 0.1) is 10.7 Å². The molecule has 1 N–H and O–H groups in total. The van der Waals surface area contributed by atoms with Gasteiger partial charge in [0, 0.05) is 6.54 Å². The van der Waals surface area contributed by atoms with Gasteiger partial charge in [-0.15, -0.1) is 0 Å². The van der Waals surface area contributed by atoms with Gasteiger partial charge in [0.15, 0.2) is 0 Å². The van der Waals surface area contributed by atoms with E-state index >= 15 is 0 Å². The van der Waals surface area contributed by atoms with Crippen LogP contribution in [0.4, 0.5) is 10.1 Å². The molecule has 0 saturated carbocycles. The number of hydrogen-bond donors (Lipinski definition) is 1. The molecule has 1 aliphatic heterocycles. The fourth-order valence-corrected chi connectivity index (χ4v) is 1.73. The van der Waals surface area contributed by atoms with Crippen molar-refractivity contribution in [1.82, 2.24) is 0 Å². The van der Waals surface area contributed by atoms with Crippen LogP contribution in [0.2, 0.25) is 5.02 Å². The molecule has 0 bridgehead atoms. The number of benzene rings is 1. The lowest BCUT2D eigenvalue weighted by atomic mass is 10.0. The average Bonchev–Trinajstić information content (AvgIpc) is 2.12. The molecule has 0 saturated heterocycles. The van der Waals surface area contributed by atoms with Crippen LogP contribution in [0.25, 0.3) is 0 Å². The first-order valence-electron chi connectivity index (χ1n) is 4.00. The molecule has 1 aromatic carbocycles. The Hall–Kier alpha value is -0.760. The third-order valence-electron chi connectivity index (χ3n) is 2.11. The smallest absolute Gasteiger partial charge is 0.143 e. The summed E-state index contributed by atoms with van der Waals surface area (Å²) < 4.78 is 12.9. The third kappa shape index (κ3) is 1.16. The second-order valence-corrected chi connectivity index (χ2v) is 3.30. The highest BCUT2D eigenvalue weighted by Gasteiger charge is 2.14. The highest BCUT2D eigenvalue weighted by atomic mass is 35.5. The second kappa shape index (κ2) is 2.94. The Kier molecular flexibility index (Phi) is 1.93. The maximum atomic E-state index is 12.9. The number of nitrogens with one attached hydrogen (secondary N) is 1. The summed E-state index contributed by atoms with van der Waals surface area (Å²) in [4.78, 5) is 0. The Labute approximate surface area is 75.5 Å². The van der Waals surface area contributed by atoms with Crippen molar-refractivity contribution in [2.24, 2.45) is 0 Å². The minimum atomic E-state index is -0.343. The second-order valence-electron chi connectivity index (χ2n) is 2.93. The highest BCUT2D eigenvalue weighted by molar-refractivity contribution is 6.33. The van der Waals surface area contributed by atoms with Gasteiger partial charge >= 0.3 is 0 Å². The first kappa shape index (κ1) is 7.87. The zero-order valence-electron chi connectivity index (χ0n) is 6.53. The van der Waals surface area contributed by atoms with Crippen LogP contribution < -0.4 is 5.32 Å². The van der Waals surface area contributed by atoms with Crippen molar-refractivity contribution in [1.29, 1.82) is 0 Å². The molecule has 0 aromatic heterocycles. The molecule has 12 heavy (non-hydrogen) atoms. The Bertz CT molecular complexity index is 312. The van der Waals surface area contributed by atoms with E-state index < -0.39 is 0 Å². The molecule has 0 fully saturated rings. The summed E-state index contributed by atoms with van der Waals surface area (Å²) in [6.45, 7) is 0.885. The summed E-state index contributed by atoms with van der Waals surface area (Å²) in [6, 6.07) is 3.22. The number of anilines is 1. The standard InChI is InChI=1S/C9H9ClFN/c10-8-7(11)4-3-6-2-1-5-12-9(6)8/h3-4,12H,1-2,5H2. The van der Waals surface area contributed by atoms with Gasteiger partial charge in [0.2, 0.25) is 0 Å². The van der Waals surface area contributed by atoms with Crippen molar-refractivity contribution in [3.05, 3.63) is 28.5 Å². The molecule has 0 unspecified atom stereocenters. The van der Waals surface area contributed by atoms with Gasteiger partial charge < -0.3 is 5.32 Å². The average molecular weight is 186 g/mol. The lowest BCUT2D eigenvalue weighted by molar-refractivity contribution is 0.626. The lowest BCUT2D eigenvalue weighted by Crippen LogP contribution is -2.12. The predicted octanol–water partition coefficient (Wildman–Crippen LogP) is 2.84. The first-order valence-corrected chi connectivity index (χ1v) is 4.37. The van der Waals surface area contributed by atoms with Crippen LogP contribution in [-0.4, -0.2) is 6.54 Å². The van der Waals surface area contributed by atoms with Crippen molar-refractivity contribution >= 4 is 17.3 Å². The van der Waals surface area contributed by atoms with Crippen LogP contribution in [-0.2, 0) is 6.42 Å². The van der Waals surface area contributed by atoms with Crippen LogP contribution in [0.3, 0.4) is 0 Å². The number of hydrogen-bond acceptors (Lipinski definition) is 1. The highest BCUT2D eigenvalue weighted by Crippen LogP contribution is 2.31. The van der Waals surface area contributed by atoms with Crippen LogP contribution in [0.1, 0.15) is 12.0 Å². The molecule has 3 heteroatoms. The summed E-state index contributed by atoms with van der Waals surface area (Å²) in [6.07, 6.45) is 2.08. The van der Waals surface area contributed by atoms with Crippen molar-refractivity contribution in [3.63, 3.8) is 0 Å². The summed E-state index contributed by atoms with van der Waals surface area (Å²) in [5.41, 5.74) is 1.90. The van der Waals surface area contributed by atoms with Crippen molar-refractivity contribution in [2.75, 3.05) is 11.9 Å². The number of rotatable bonds is 0. The van der Waals surface area contributed by atoms with Gasteiger partial charge in [-0.2, -0.15) is 0 Å². The van der Waals surface area contributed by atoms with Gasteiger partial charge in [-0.3, -0.25) is 0 Å².